The van der Waals surface area contributed by atoms with Crippen LogP contribution in [0.5, 0.6) is 5.75 Å². The summed E-state index contributed by atoms with van der Waals surface area (Å²) in [4.78, 5) is 37.2. The van der Waals surface area contributed by atoms with Crippen molar-refractivity contribution >= 4 is 17.5 Å². The maximum atomic E-state index is 12.9. The maximum absolute atomic E-state index is 12.9. The van der Waals surface area contributed by atoms with Crippen LogP contribution < -0.4 is 9.64 Å². The number of carbonyl (C=O) groups is 2. The Morgan fingerprint density at radius 2 is 2.08 bits per heavy atom. The molecule has 1 saturated heterocycles. The molecule has 1 atom stereocenters. The molecule has 0 radical (unpaired) electrons. The number of nitrogens with zero attached hydrogens (tertiary/aromatic N) is 4. The van der Waals surface area contributed by atoms with Gasteiger partial charge in [0.2, 0.25) is 5.91 Å². The minimum atomic E-state index is -0.214. The lowest BCUT2D eigenvalue weighted by atomic mass is 10.1. The van der Waals surface area contributed by atoms with Crippen LogP contribution in [0.1, 0.15) is 28.8 Å². The molecule has 0 bridgehead atoms. The smallest absolute Gasteiger partial charge is 0.258 e. The highest BCUT2D eigenvalue weighted by Gasteiger charge is 2.34. The Hall–Kier alpha value is -2.96. The molecule has 2 amide bonds. The van der Waals surface area contributed by atoms with Gasteiger partial charge in [0.15, 0.2) is 0 Å². The van der Waals surface area contributed by atoms with Crippen LogP contribution in [0.2, 0.25) is 0 Å². The second kappa shape index (κ2) is 7.11. The summed E-state index contributed by atoms with van der Waals surface area (Å²) in [7, 11) is 1.59. The minimum absolute atomic E-state index is 0.0184. The Labute approximate surface area is 152 Å². The summed E-state index contributed by atoms with van der Waals surface area (Å²) in [5, 5.41) is 0. The van der Waals surface area contributed by atoms with Gasteiger partial charge < -0.3 is 14.5 Å². The van der Waals surface area contributed by atoms with Crippen LogP contribution in [0, 0.1) is 13.8 Å². The second-order valence-electron chi connectivity index (χ2n) is 6.40. The van der Waals surface area contributed by atoms with Crippen molar-refractivity contribution in [2.45, 2.75) is 26.8 Å². The lowest BCUT2D eigenvalue weighted by Crippen LogP contribution is -2.57. The van der Waals surface area contributed by atoms with Gasteiger partial charge in [0.1, 0.15) is 18.1 Å². The van der Waals surface area contributed by atoms with Crippen molar-refractivity contribution in [3.05, 3.63) is 47.5 Å². The third-order valence-electron chi connectivity index (χ3n) is 4.54. The first-order valence-corrected chi connectivity index (χ1v) is 8.46. The van der Waals surface area contributed by atoms with E-state index in [1.807, 2.05) is 31.2 Å². The Kier molecular flexibility index (Phi) is 4.88. The largest absolute Gasteiger partial charge is 0.497 e. The van der Waals surface area contributed by atoms with Crippen LogP contribution in [0.25, 0.3) is 0 Å². The fraction of sp³-hybridized carbons (Fsp3) is 0.368. The van der Waals surface area contributed by atoms with Crippen LogP contribution in [-0.2, 0) is 4.79 Å². The van der Waals surface area contributed by atoms with Crippen LogP contribution >= 0.6 is 0 Å². The number of benzene rings is 1. The van der Waals surface area contributed by atoms with Gasteiger partial charge in [-0.2, -0.15) is 0 Å². The number of hydrogen-bond acceptors (Lipinski definition) is 5. The first kappa shape index (κ1) is 17.8. The van der Waals surface area contributed by atoms with E-state index in [1.165, 1.54) is 6.20 Å². The van der Waals surface area contributed by atoms with E-state index >= 15 is 0 Å². The molecule has 7 nitrogen and oxygen atoms in total. The van der Waals surface area contributed by atoms with Crippen LogP contribution in [0.15, 0.2) is 30.5 Å². The normalized spacial score (nSPS) is 17.4. The average Bonchev–Trinajstić information content (AvgIpc) is 2.63. The van der Waals surface area contributed by atoms with E-state index < -0.39 is 0 Å². The summed E-state index contributed by atoms with van der Waals surface area (Å²) >= 11 is 0. The Balaban J connectivity index is 1.81. The molecule has 0 aliphatic carbocycles. The van der Waals surface area contributed by atoms with Gasteiger partial charge >= 0.3 is 0 Å². The molecular formula is C19H22N4O3. The predicted molar refractivity (Wildman–Crippen MR) is 97.4 cm³/mol. The summed E-state index contributed by atoms with van der Waals surface area (Å²) in [5.74, 6) is 0.962. The molecule has 2 aromatic rings. The van der Waals surface area contributed by atoms with Gasteiger partial charge in [0, 0.05) is 30.5 Å². The fourth-order valence-electron chi connectivity index (χ4n) is 3.10. The van der Waals surface area contributed by atoms with Gasteiger partial charge in [0.05, 0.1) is 18.4 Å². The first-order valence-electron chi connectivity index (χ1n) is 8.46. The molecule has 1 unspecified atom stereocenters. The topological polar surface area (TPSA) is 75.6 Å². The van der Waals surface area contributed by atoms with Crippen molar-refractivity contribution in [1.29, 1.82) is 0 Å². The molecule has 1 fully saturated rings. The van der Waals surface area contributed by atoms with Crippen molar-refractivity contribution in [3.8, 4) is 5.75 Å². The van der Waals surface area contributed by atoms with Crippen LogP contribution in [0.3, 0.4) is 0 Å². The number of carbonyl (C=O) groups excluding carboxylic acids is 2. The maximum Gasteiger partial charge on any atom is 0.258 e. The molecule has 3 rings (SSSR count). The predicted octanol–water partition coefficient (Wildman–Crippen LogP) is 1.98. The summed E-state index contributed by atoms with van der Waals surface area (Å²) in [6.07, 6.45) is 1.53. The van der Waals surface area contributed by atoms with Gasteiger partial charge in [-0.1, -0.05) is 6.07 Å². The average molecular weight is 354 g/mol. The first-order chi connectivity index (χ1) is 12.4. The van der Waals surface area contributed by atoms with E-state index in [4.69, 9.17) is 4.74 Å². The van der Waals surface area contributed by atoms with Gasteiger partial charge in [-0.15, -0.1) is 0 Å². The zero-order valence-electron chi connectivity index (χ0n) is 15.4. The lowest BCUT2D eigenvalue weighted by Gasteiger charge is -2.39. The third kappa shape index (κ3) is 3.37. The minimum Gasteiger partial charge on any atom is -0.497 e. The number of hydrogen-bond donors (Lipinski definition) is 0. The van der Waals surface area contributed by atoms with Gasteiger partial charge in [-0.3, -0.25) is 9.59 Å². The molecule has 0 spiro atoms. The highest BCUT2D eigenvalue weighted by atomic mass is 16.5. The quantitative estimate of drug-likeness (QED) is 0.842. The zero-order chi connectivity index (χ0) is 18.8. The molecule has 0 N–H and O–H groups in total. The highest BCUT2D eigenvalue weighted by Crippen LogP contribution is 2.25. The molecule has 1 aromatic heterocycles. The molecule has 7 heteroatoms. The van der Waals surface area contributed by atoms with E-state index in [2.05, 4.69) is 9.97 Å². The summed E-state index contributed by atoms with van der Waals surface area (Å²) in [6, 6.07) is 7.23. The number of rotatable bonds is 3. The van der Waals surface area contributed by atoms with E-state index in [1.54, 1.807) is 30.8 Å². The van der Waals surface area contributed by atoms with Crippen molar-refractivity contribution in [3.63, 3.8) is 0 Å². The molecule has 2 heterocycles. The number of aryl methyl sites for hydroxylation is 2. The monoisotopic (exact) mass is 354 g/mol. The Bertz CT molecular complexity index is 852. The van der Waals surface area contributed by atoms with Crippen LogP contribution in [-0.4, -0.2) is 52.9 Å². The Morgan fingerprint density at radius 3 is 2.77 bits per heavy atom. The number of ether oxygens (including phenoxy) is 1. The number of amides is 2. The molecule has 0 saturated carbocycles. The van der Waals surface area contributed by atoms with Gasteiger partial charge in [-0.05, 0) is 32.9 Å². The number of piperazine rings is 1. The molecule has 1 aromatic carbocycles. The molecular weight excluding hydrogens is 332 g/mol. The summed E-state index contributed by atoms with van der Waals surface area (Å²) in [5.41, 5.74) is 1.82. The van der Waals surface area contributed by atoms with Crippen molar-refractivity contribution in [1.82, 2.24) is 14.9 Å². The highest BCUT2D eigenvalue weighted by molar-refractivity contribution is 6.02. The number of anilines is 1. The molecule has 136 valence electrons. The van der Waals surface area contributed by atoms with Crippen molar-refractivity contribution in [2.24, 2.45) is 0 Å². The van der Waals surface area contributed by atoms with Crippen LogP contribution in [0.4, 0.5) is 5.69 Å². The molecule has 26 heavy (non-hydrogen) atoms. The third-order valence-corrected chi connectivity index (χ3v) is 4.54. The van der Waals surface area contributed by atoms with E-state index in [-0.39, 0.29) is 24.4 Å². The summed E-state index contributed by atoms with van der Waals surface area (Å²) in [6.45, 7) is 5.93. The number of aromatic nitrogens is 2. The lowest BCUT2D eigenvalue weighted by molar-refractivity contribution is -0.121. The van der Waals surface area contributed by atoms with E-state index in [0.29, 0.717) is 29.4 Å². The second-order valence-corrected chi connectivity index (χ2v) is 6.40. The molecule has 1 aliphatic rings. The van der Waals surface area contributed by atoms with Crippen molar-refractivity contribution < 1.29 is 14.3 Å². The fourth-order valence-corrected chi connectivity index (χ4v) is 3.10. The van der Waals surface area contributed by atoms with Gasteiger partial charge in [-0.25, -0.2) is 9.97 Å². The molecule has 1 aliphatic heterocycles. The standard InChI is InChI=1S/C19H22N4O3/c1-12-10-23(15-6-5-7-16(8-15)26-4)18(24)11-22(12)19(25)17-9-20-14(3)21-13(17)2/h5-9,12H,10-11H2,1-4H3. The van der Waals surface area contributed by atoms with E-state index in [0.717, 1.165) is 5.69 Å². The van der Waals surface area contributed by atoms with E-state index in [9.17, 15) is 9.59 Å². The van der Waals surface area contributed by atoms with Crippen molar-refractivity contribution in [2.75, 3.05) is 25.1 Å². The number of methoxy groups -OCH3 is 1. The Morgan fingerprint density at radius 1 is 1.31 bits per heavy atom. The zero-order valence-corrected chi connectivity index (χ0v) is 15.4. The van der Waals surface area contributed by atoms with Gasteiger partial charge in [0.25, 0.3) is 5.91 Å². The summed E-state index contributed by atoms with van der Waals surface area (Å²) < 4.78 is 5.23. The SMILES string of the molecule is COc1cccc(N2CC(C)N(C(=O)c3cnc(C)nc3C)CC2=O)c1.